The summed E-state index contributed by atoms with van der Waals surface area (Å²) in [7, 11) is 0. The van der Waals surface area contributed by atoms with Gasteiger partial charge in [0.05, 0.1) is 0 Å². The van der Waals surface area contributed by atoms with Crippen molar-refractivity contribution in [2.75, 3.05) is 37.9 Å². The molecule has 9 heteroatoms. The number of carbonyl (C=O) groups is 2. The molecule has 0 aromatic heterocycles. The molecule has 0 saturated carbocycles. The first-order valence-electron chi connectivity index (χ1n) is 9.64. The van der Waals surface area contributed by atoms with Gasteiger partial charge in [-0.2, -0.15) is 0 Å². The summed E-state index contributed by atoms with van der Waals surface area (Å²) in [6.45, 7) is 5.90. The summed E-state index contributed by atoms with van der Waals surface area (Å²) in [4.78, 5) is 28.3. The van der Waals surface area contributed by atoms with E-state index >= 15 is 0 Å². The average Bonchev–Trinajstić information content (AvgIpc) is 2.60. The molecule has 0 bridgehead atoms. The van der Waals surface area contributed by atoms with Gasteiger partial charge in [-0.05, 0) is 0 Å². The van der Waals surface area contributed by atoms with Crippen LogP contribution in [0.2, 0.25) is 9.88 Å². The van der Waals surface area contributed by atoms with Gasteiger partial charge >= 0.3 is 181 Å². The number of hydrogen-bond acceptors (Lipinski definition) is 8. The molecule has 0 aromatic carbocycles. The Bertz CT molecular complexity index is 387. The maximum atomic E-state index is 12.4. The second-order valence-corrected chi connectivity index (χ2v) is 16.7. The molecule has 160 valence electrons. The van der Waals surface area contributed by atoms with Crippen LogP contribution in [-0.2, 0) is 25.2 Å². The van der Waals surface area contributed by atoms with Crippen molar-refractivity contribution in [1.82, 2.24) is 0 Å². The van der Waals surface area contributed by atoms with Gasteiger partial charge in [0.2, 0.25) is 0 Å². The van der Waals surface area contributed by atoms with Gasteiger partial charge in [-0.1, -0.05) is 0 Å². The van der Waals surface area contributed by atoms with Crippen molar-refractivity contribution in [1.29, 1.82) is 0 Å². The number of carbonyl (C=O) groups excluding carboxylic acids is 2. The molecule has 2 unspecified atom stereocenters. The maximum absolute atomic E-state index is 12.4. The quantitative estimate of drug-likeness (QED) is 0.181. The molecule has 0 spiro atoms. The molecule has 0 aliphatic carbocycles. The zero-order chi connectivity index (χ0) is 20.7. The van der Waals surface area contributed by atoms with Crippen LogP contribution in [0.25, 0.3) is 0 Å². The van der Waals surface area contributed by atoms with Crippen LogP contribution in [0, 0.1) is 11.8 Å². The Labute approximate surface area is 180 Å². The average molecular weight is 531 g/mol. The molecule has 6 nitrogen and oxygen atoms in total. The Morgan fingerprint density at radius 3 is 1.48 bits per heavy atom. The second-order valence-electron chi connectivity index (χ2n) is 6.86. The third kappa shape index (κ3) is 13.2. The Morgan fingerprint density at radius 1 is 0.815 bits per heavy atom. The minimum absolute atomic E-state index is 0.267. The fourth-order valence-electron chi connectivity index (χ4n) is 2.01. The van der Waals surface area contributed by atoms with Crippen LogP contribution in [0.1, 0.15) is 39.5 Å². The van der Waals surface area contributed by atoms with Crippen LogP contribution >= 0.6 is 25.3 Å². The summed E-state index contributed by atoms with van der Waals surface area (Å²) in [5.41, 5.74) is 0. The summed E-state index contributed by atoms with van der Waals surface area (Å²) in [6, 6.07) is 0. The molecular formula is C18H36O6S2Sn. The Hall–Kier alpha value is 0.359. The SMILES string of the molecule is CCCCOCC(CS)C(=O)[O][Sn]([CH3])([CH3])[O]C(=O)C(CS)COCCCC. The van der Waals surface area contributed by atoms with E-state index in [0.29, 0.717) is 24.7 Å². The van der Waals surface area contributed by atoms with Crippen LogP contribution in [0.3, 0.4) is 0 Å². The van der Waals surface area contributed by atoms with Crippen LogP contribution < -0.4 is 0 Å². The van der Waals surface area contributed by atoms with Gasteiger partial charge in [0.25, 0.3) is 0 Å². The van der Waals surface area contributed by atoms with Crippen LogP contribution in [-0.4, -0.2) is 69.1 Å². The fraction of sp³-hybridized carbons (Fsp3) is 0.889. The van der Waals surface area contributed by atoms with Crippen LogP contribution in [0.15, 0.2) is 0 Å². The fourth-order valence-corrected chi connectivity index (χ4v) is 6.35. The summed E-state index contributed by atoms with van der Waals surface area (Å²) < 4.78 is 22.2. The van der Waals surface area contributed by atoms with E-state index in [1.165, 1.54) is 0 Å². The predicted octanol–water partition coefficient (Wildman–Crippen LogP) is 3.50. The van der Waals surface area contributed by atoms with E-state index in [-0.39, 0.29) is 13.2 Å². The van der Waals surface area contributed by atoms with E-state index in [1.54, 1.807) is 9.88 Å². The summed E-state index contributed by atoms with van der Waals surface area (Å²) in [5.74, 6) is -1.08. The van der Waals surface area contributed by atoms with Gasteiger partial charge in [-0.15, -0.1) is 0 Å². The molecule has 0 aromatic rings. The van der Waals surface area contributed by atoms with Crippen molar-refractivity contribution < 1.29 is 25.2 Å². The van der Waals surface area contributed by atoms with Crippen molar-refractivity contribution in [2.24, 2.45) is 11.8 Å². The summed E-state index contributed by atoms with van der Waals surface area (Å²) in [6.07, 6.45) is 3.96. The number of ether oxygens (including phenoxy) is 2. The van der Waals surface area contributed by atoms with Gasteiger partial charge in [0.15, 0.2) is 0 Å². The summed E-state index contributed by atoms with van der Waals surface area (Å²) >= 11 is 4.63. The topological polar surface area (TPSA) is 71.1 Å². The molecule has 0 radical (unpaired) electrons. The summed E-state index contributed by atoms with van der Waals surface area (Å²) in [5, 5.41) is 0. The molecule has 2 atom stereocenters. The van der Waals surface area contributed by atoms with E-state index in [1.807, 2.05) is 0 Å². The molecular weight excluding hydrogens is 495 g/mol. The van der Waals surface area contributed by atoms with Crippen molar-refractivity contribution in [3.05, 3.63) is 0 Å². The van der Waals surface area contributed by atoms with Crippen LogP contribution in [0.4, 0.5) is 0 Å². The molecule has 0 rings (SSSR count). The number of thiol groups is 2. The number of rotatable bonds is 16. The third-order valence-corrected chi connectivity index (χ3v) is 8.56. The minimum atomic E-state index is -3.79. The van der Waals surface area contributed by atoms with Gasteiger partial charge in [0, 0.05) is 0 Å². The van der Waals surface area contributed by atoms with Gasteiger partial charge in [0.1, 0.15) is 0 Å². The van der Waals surface area contributed by atoms with E-state index in [4.69, 9.17) is 15.6 Å². The molecule has 0 fully saturated rings. The molecule has 0 saturated heterocycles. The molecule has 0 N–H and O–H groups in total. The number of hydrogen-bond donors (Lipinski definition) is 2. The first kappa shape index (κ1) is 27.4. The van der Waals surface area contributed by atoms with Gasteiger partial charge < -0.3 is 0 Å². The molecule has 0 aliphatic heterocycles. The van der Waals surface area contributed by atoms with Gasteiger partial charge in [-0.3, -0.25) is 0 Å². The zero-order valence-electron chi connectivity index (χ0n) is 17.1. The van der Waals surface area contributed by atoms with Gasteiger partial charge in [-0.25, -0.2) is 0 Å². The van der Waals surface area contributed by atoms with Crippen molar-refractivity contribution in [3.63, 3.8) is 0 Å². The first-order valence-corrected chi connectivity index (χ1v) is 18.9. The standard InChI is InChI=1S/2C8H16O3S.2CH3.Sn/c2*1-2-3-4-11-5-7(6-12)8(9)10;;;/h2*7,12H,2-6H2,1H3,(H,9,10);2*1H3;/q;;;;+2/p-2. The van der Waals surface area contributed by atoms with Crippen LogP contribution in [0.5, 0.6) is 0 Å². The van der Waals surface area contributed by atoms with E-state index in [2.05, 4.69) is 39.1 Å². The monoisotopic (exact) mass is 532 g/mol. The third-order valence-electron chi connectivity index (χ3n) is 3.72. The normalized spacial score (nSPS) is 13.9. The van der Waals surface area contributed by atoms with Crippen molar-refractivity contribution >= 4 is 56.4 Å². The molecule has 27 heavy (non-hydrogen) atoms. The Kier molecular flexibility index (Phi) is 16.4. The van der Waals surface area contributed by atoms with E-state index in [0.717, 1.165) is 25.7 Å². The molecule has 0 aliphatic rings. The number of unbranched alkanes of at least 4 members (excludes halogenated alkanes) is 2. The first-order chi connectivity index (χ1) is 12.8. The van der Waals surface area contributed by atoms with Crippen molar-refractivity contribution in [3.8, 4) is 0 Å². The Morgan fingerprint density at radius 2 is 1.19 bits per heavy atom. The van der Waals surface area contributed by atoms with Crippen molar-refractivity contribution in [2.45, 2.75) is 49.4 Å². The molecule has 0 amide bonds. The Balaban J connectivity index is 4.51. The van der Waals surface area contributed by atoms with E-state index < -0.39 is 43.0 Å². The molecule has 0 heterocycles. The second kappa shape index (κ2) is 16.2. The zero-order valence-corrected chi connectivity index (χ0v) is 21.7. The van der Waals surface area contributed by atoms with E-state index in [9.17, 15) is 9.59 Å². The predicted molar refractivity (Wildman–Crippen MR) is 116 cm³/mol.